The molecule has 0 aliphatic carbocycles. The van der Waals surface area contributed by atoms with Gasteiger partial charge in [-0.2, -0.15) is 0 Å². The highest BCUT2D eigenvalue weighted by molar-refractivity contribution is 5.85. The van der Waals surface area contributed by atoms with Gasteiger partial charge in [0.05, 0.1) is 24.5 Å². The normalized spacial score (nSPS) is 14.9. The van der Waals surface area contributed by atoms with Crippen LogP contribution >= 0.6 is 0 Å². The molecule has 2 aliphatic rings. The van der Waals surface area contributed by atoms with E-state index in [2.05, 4.69) is 75.8 Å². The number of ether oxygens (including phenoxy) is 1. The number of nitrogens with one attached hydrogen (secondary N) is 2. The van der Waals surface area contributed by atoms with Crippen molar-refractivity contribution < 1.29 is 9.53 Å². The molecule has 0 spiro atoms. The number of aromatic nitrogens is 4. The predicted octanol–water partition coefficient (Wildman–Crippen LogP) is 7.30. The summed E-state index contributed by atoms with van der Waals surface area (Å²) in [5.41, 5.74) is 15.2. The highest BCUT2D eigenvalue weighted by Gasteiger charge is 2.21. The Kier molecular flexibility index (Phi) is 7.10. The number of fused-ring (bicyclic) bond motifs is 8. The first-order valence-electron chi connectivity index (χ1n) is 13.9. The van der Waals surface area contributed by atoms with Crippen LogP contribution in [0.2, 0.25) is 0 Å². The third-order valence-electron chi connectivity index (χ3n) is 8.18. The summed E-state index contributed by atoms with van der Waals surface area (Å²) in [6.45, 7) is 15.6. The predicted molar refractivity (Wildman–Crippen MR) is 159 cm³/mol. The zero-order valence-corrected chi connectivity index (χ0v) is 24.4. The van der Waals surface area contributed by atoms with Crippen molar-refractivity contribution in [3.05, 3.63) is 68.8 Å². The average Bonchev–Trinajstić information content (AvgIpc) is 3.61. The molecule has 1 atom stereocenters. The molecule has 5 heterocycles. The van der Waals surface area contributed by atoms with Gasteiger partial charge in [0, 0.05) is 52.0 Å². The number of carbonyl (C=O) groups is 1. The number of hydrogen-bond acceptors (Lipinski definition) is 4. The Hall–Kier alpha value is -3.87. The van der Waals surface area contributed by atoms with E-state index in [1.54, 1.807) is 11.9 Å². The summed E-state index contributed by atoms with van der Waals surface area (Å²) < 4.78 is 5.26. The molecule has 5 rings (SSSR count). The van der Waals surface area contributed by atoms with Crippen molar-refractivity contribution in [1.29, 1.82) is 0 Å². The Balaban J connectivity index is 1.87. The highest BCUT2D eigenvalue weighted by Crippen LogP contribution is 2.32. The van der Waals surface area contributed by atoms with Crippen LogP contribution in [0.25, 0.3) is 33.7 Å². The second kappa shape index (κ2) is 10.4. The first-order valence-corrected chi connectivity index (χ1v) is 13.9. The van der Waals surface area contributed by atoms with Gasteiger partial charge in [-0.05, 0) is 99.6 Å². The quantitative estimate of drug-likeness (QED) is 0.374. The Morgan fingerprint density at radius 1 is 0.949 bits per heavy atom. The van der Waals surface area contributed by atoms with E-state index in [-0.39, 0.29) is 6.09 Å². The summed E-state index contributed by atoms with van der Waals surface area (Å²) in [6, 6.07) is 6.51. The molecule has 3 aromatic heterocycles. The van der Waals surface area contributed by atoms with Crippen molar-refractivity contribution in [3.63, 3.8) is 0 Å². The highest BCUT2D eigenvalue weighted by atomic mass is 16.5. The van der Waals surface area contributed by atoms with Crippen molar-refractivity contribution in [2.75, 3.05) is 13.7 Å². The lowest BCUT2D eigenvalue weighted by Gasteiger charge is -2.16. The smallest absolute Gasteiger partial charge is 0.409 e. The van der Waals surface area contributed by atoms with Gasteiger partial charge in [-0.3, -0.25) is 4.98 Å². The minimum Gasteiger partial charge on any atom is -0.450 e. The van der Waals surface area contributed by atoms with Crippen molar-refractivity contribution in [2.24, 2.45) is 0 Å². The largest absolute Gasteiger partial charge is 0.450 e. The fourth-order valence-corrected chi connectivity index (χ4v) is 5.65. The molecule has 39 heavy (non-hydrogen) atoms. The summed E-state index contributed by atoms with van der Waals surface area (Å²) in [4.78, 5) is 31.6. The molecule has 0 fully saturated rings. The van der Waals surface area contributed by atoms with E-state index in [0.717, 1.165) is 79.9 Å². The van der Waals surface area contributed by atoms with E-state index in [1.807, 2.05) is 6.92 Å². The second-order valence-corrected chi connectivity index (χ2v) is 10.9. The van der Waals surface area contributed by atoms with E-state index >= 15 is 0 Å². The number of amides is 1. The third kappa shape index (κ3) is 4.86. The van der Waals surface area contributed by atoms with Crippen LogP contribution < -0.4 is 0 Å². The second-order valence-electron chi connectivity index (χ2n) is 10.9. The topological polar surface area (TPSA) is 86.9 Å². The van der Waals surface area contributed by atoms with Crippen LogP contribution in [0.1, 0.15) is 84.2 Å². The number of allylic oxidation sites excluding steroid dienone is 1. The maximum atomic E-state index is 12.5. The lowest BCUT2D eigenvalue weighted by molar-refractivity contribution is 0.114. The molecule has 7 heteroatoms. The van der Waals surface area contributed by atoms with Crippen molar-refractivity contribution >= 4 is 39.8 Å². The Bertz CT molecular complexity index is 1660. The lowest BCUT2D eigenvalue weighted by Crippen LogP contribution is -2.27. The maximum absolute atomic E-state index is 12.5. The first-order chi connectivity index (χ1) is 18.6. The monoisotopic (exact) mass is 525 g/mol. The van der Waals surface area contributed by atoms with Gasteiger partial charge in [-0.25, -0.2) is 9.78 Å². The first kappa shape index (κ1) is 26.7. The number of aromatic amines is 2. The van der Waals surface area contributed by atoms with Crippen molar-refractivity contribution in [1.82, 2.24) is 24.8 Å². The van der Waals surface area contributed by atoms with Crippen molar-refractivity contribution in [3.8, 4) is 0 Å². The maximum Gasteiger partial charge on any atom is 0.409 e. The Morgan fingerprint density at radius 2 is 1.62 bits per heavy atom. The molecule has 204 valence electrons. The van der Waals surface area contributed by atoms with Gasteiger partial charge < -0.3 is 19.6 Å². The number of H-pyrrole nitrogens is 2. The molecule has 0 radical (unpaired) electrons. The van der Waals surface area contributed by atoms with Gasteiger partial charge in [-0.15, -0.1) is 0 Å². The van der Waals surface area contributed by atoms with Crippen LogP contribution in [0.15, 0.2) is 18.2 Å². The third-order valence-corrected chi connectivity index (χ3v) is 8.18. The van der Waals surface area contributed by atoms with Gasteiger partial charge >= 0.3 is 6.09 Å². The summed E-state index contributed by atoms with van der Waals surface area (Å²) in [7, 11) is 1.78. The molecule has 7 nitrogen and oxygen atoms in total. The van der Waals surface area contributed by atoms with Crippen LogP contribution in [-0.2, 0) is 24.1 Å². The molecule has 2 aliphatic heterocycles. The van der Waals surface area contributed by atoms with Crippen LogP contribution in [0, 0.1) is 20.8 Å². The minimum absolute atomic E-state index is 0.299. The van der Waals surface area contributed by atoms with Gasteiger partial charge in [0.15, 0.2) is 0 Å². The molecular weight excluding hydrogens is 486 g/mol. The van der Waals surface area contributed by atoms with E-state index < -0.39 is 0 Å². The molecule has 0 aromatic carbocycles. The van der Waals surface area contributed by atoms with Crippen LogP contribution in [0.4, 0.5) is 4.79 Å². The van der Waals surface area contributed by atoms with Crippen molar-refractivity contribution in [2.45, 2.75) is 73.8 Å². The lowest BCUT2D eigenvalue weighted by atomic mass is 10.0. The van der Waals surface area contributed by atoms with Crippen LogP contribution in [0.3, 0.4) is 0 Å². The molecule has 2 N–H and O–H groups in total. The van der Waals surface area contributed by atoms with Gasteiger partial charge in [0.1, 0.15) is 0 Å². The minimum atomic E-state index is -0.329. The fourth-order valence-electron chi connectivity index (χ4n) is 5.65. The van der Waals surface area contributed by atoms with E-state index in [1.165, 1.54) is 11.1 Å². The molecule has 0 saturated heterocycles. The summed E-state index contributed by atoms with van der Waals surface area (Å²) in [5, 5.41) is 0. The average molecular weight is 526 g/mol. The zero-order valence-electron chi connectivity index (χ0n) is 24.4. The van der Waals surface area contributed by atoms with E-state index in [9.17, 15) is 4.79 Å². The summed E-state index contributed by atoms with van der Waals surface area (Å²) >= 11 is 0. The van der Waals surface area contributed by atoms with E-state index in [0.29, 0.717) is 19.1 Å². The molecule has 0 saturated carbocycles. The molecule has 1 amide bonds. The van der Waals surface area contributed by atoms with Crippen LogP contribution in [0.5, 0.6) is 0 Å². The Labute approximate surface area is 230 Å². The number of hydrogen-bond donors (Lipinski definition) is 2. The van der Waals surface area contributed by atoms with Gasteiger partial charge in [0.2, 0.25) is 0 Å². The Morgan fingerprint density at radius 3 is 2.31 bits per heavy atom. The summed E-state index contributed by atoms with van der Waals surface area (Å²) in [5.74, 6) is 0.299. The molecule has 8 bridgehead atoms. The number of rotatable bonds is 4. The van der Waals surface area contributed by atoms with Gasteiger partial charge in [0.25, 0.3) is 0 Å². The number of aryl methyl sites for hydroxylation is 3. The summed E-state index contributed by atoms with van der Waals surface area (Å²) in [6.07, 6.45) is 3.65. The number of carbonyl (C=O) groups excluding carboxylic acids is 1. The number of nitrogens with zero attached hydrogens (tertiary/aromatic N) is 3. The molecule has 1 unspecified atom stereocenters. The SMILES string of the molecule is CCOC(=O)N(C)Cc1c(C)c2cc3nc(c(C)c4nc(cc5[nH]c(cc1[nH]2)c(C)c5CC)C(C)=C4)CC3C. The zero-order chi connectivity index (χ0) is 28.0. The molecule has 3 aromatic rings. The van der Waals surface area contributed by atoms with Gasteiger partial charge in [-0.1, -0.05) is 13.8 Å². The van der Waals surface area contributed by atoms with Crippen LogP contribution in [-0.4, -0.2) is 44.6 Å². The standard InChI is InChI=1S/C32H39N5O2/c1-9-22-19(5)29-15-31-23(16-37(8)32(38)39-10-2)20(6)28(36-31)13-24-17(3)11-26(33-24)21(7)27-12-18(4)25(34-27)14-30(22)35-29/h12-15,17,35-36H,9-11,16H2,1-8H3. The fraction of sp³-hybridized carbons (Fsp3) is 0.406. The molecular formula is C32H39N5O2. The van der Waals surface area contributed by atoms with E-state index in [4.69, 9.17) is 14.7 Å².